The Morgan fingerprint density at radius 2 is 1.39 bits per heavy atom. The molecule has 5 nitrogen and oxygen atoms in total. The first-order valence-electron chi connectivity index (χ1n) is 9.41. The molecule has 0 saturated carbocycles. The van der Waals surface area contributed by atoms with Gasteiger partial charge in [0, 0.05) is 32.9 Å². The van der Waals surface area contributed by atoms with Gasteiger partial charge in [0.1, 0.15) is 0 Å². The smallest absolute Gasteiger partial charge is 0.377 e. The molecule has 1 atom stereocenters. The highest BCUT2D eigenvalue weighted by Crippen LogP contribution is 2.38. The van der Waals surface area contributed by atoms with E-state index in [1.807, 2.05) is 74.5 Å². The first kappa shape index (κ1) is 22.5. The predicted octanol–water partition coefficient (Wildman–Crippen LogP) is 4.46. The number of hydrogen-bond acceptors (Lipinski definition) is 5. The summed E-state index contributed by atoms with van der Waals surface area (Å²) < 4.78 is 23.1. The van der Waals surface area contributed by atoms with E-state index in [1.165, 1.54) is 0 Å². The lowest BCUT2D eigenvalue weighted by atomic mass is 9.83. The minimum atomic E-state index is -2.89. The third-order valence-corrected chi connectivity index (χ3v) is 7.52. The molecule has 2 rings (SSSR count). The van der Waals surface area contributed by atoms with Gasteiger partial charge >= 0.3 is 8.80 Å². The van der Waals surface area contributed by atoms with Crippen molar-refractivity contribution in [1.82, 2.24) is 0 Å². The van der Waals surface area contributed by atoms with Crippen LogP contribution in [-0.2, 0) is 23.6 Å². The van der Waals surface area contributed by atoms with Crippen molar-refractivity contribution in [2.75, 3.05) is 21.3 Å². The van der Waals surface area contributed by atoms with Gasteiger partial charge in [0.2, 0.25) is 0 Å². The van der Waals surface area contributed by atoms with Gasteiger partial charge in [-0.05, 0) is 25.8 Å². The van der Waals surface area contributed by atoms with Crippen LogP contribution in [0.15, 0.2) is 60.7 Å². The first-order valence-corrected chi connectivity index (χ1v) is 11.3. The largest absolute Gasteiger partial charge is 0.500 e. The minimum Gasteiger partial charge on any atom is -0.377 e. The summed E-state index contributed by atoms with van der Waals surface area (Å²) in [7, 11) is 1.84. The molecule has 2 aromatic rings. The summed E-state index contributed by atoms with van der Waals surface area (Å²) in [5, 5.41) is 0. The highest BCUT2D eigenvalue weighted by Gasteiger charge is 2.47. The molecule has 0 aromatic heterocycles. The van der Waals surface area contributed by atoms with Crippen LogP contribution in [0.25, 0.3) is 0 Å². The number of Topliss-reactive ketones (excluding diaryl/α,β-unsaturated/α-hetero) is 1. The number of ether oxygens (including phenoxy) is 1. The fourth-order valence-corrected chi connectivity index (χ4v) is 5.16. The quantitative estimate of drug-likeness (QED) is 0.410. The molecule has 0 radical (unpaired) electrons. The van der Waals surface area contributed by atoms with E-state index in [2.05, 4.69) is 0 Å². The summed E-state index contributed by atoms with van der Waals surface area (Å²) in [4.78, 5) is 13.8. The van der Waals surface area contributed by atoms with Crippen LogP contribution in [0, 0.1) is 0 Å². The zero-order valence-corrected chi connectivity index (χ0v) is 18.3. The Kier molecular flexibility index (Phi) is 8.09. The van der Waals surface area contributed by atoms with Crippen LogP contribution >= 0.6 is 0 Å². The standard InChI is InChI=1S/C22H30O5Si/c1-18(2)27-22(20-14-10-7-11-15-20,16-17-28(24-3,25-4)26-5)21(23)19-12-8-6-9-13-19/h6-15,18H,16-17H2,1-5H3. The lowest BCUT2D eigenvalue weighted by Gasteiger charge is -2.37. The van der Waals surface area contributed by atoms with Crippen LogP contribution in [0.2, 0.25) is 6.04 Å². The summed E-state index contributed by atoms with van der Waals surface area (Å²) in [6.07, 6.45) is 0.224. The normalized spacial score (nSPS) is 14.1. The molecule has 0 aliphatic carbocycles. The van der Waals surface area contributed by atoms with Crippen molar-refractivity contribution < 1.29 is 22.8 Å². The molecule has 28 heavy (non-hydrogen) atoms. The summed E-state index contributed by atoms with van der Waals surface area (Å²) in [5.74, 6) is -0.0841. The van der Waals surface area contributed by atoms with E-state index in [0.717, 1.165) is 5.56 Å². The van der Waals surface area contributed by atoms with E-state index >= 15 is 0 Å². The van der Waals surface area contributed by atoms with Gasteiger partial charge in [0.05, 0.1) is 6.10 Å². The van der Waals surface area contributed by atoms with Crippen LogP contribution in [0.1, 0.15) is 36.2 Å². The maximum Gasteiger partial charge on any atom is 0.500 e. The summed E-state index contributed by atoms with van der Waals surface area (Å²) in [5.41, 5.74) is 0.250. The minimum absolute atomic E-state index is 0.0841. The Morgan fingerprint density at radius 1 is 0.893 bits per heavy atom. The number of rotatable bonds is 11. The number of ketones is 1. The molecule has 0 saturated heterocycles. The van der Waals surface area contributed by atoms with Gasteiger partial charge in [-0.2, -0.15) is 0 Å². The molecule has 0 aliphatic heterocycles. The molecule has 6 heteroatoms. The number of carbonyl (C=O) groups excluding carboxylic acids is 1. The van der Waals surface area contributed by atoms with E-state index in [-0.39, 0.29) is 11.9 Å². The van der Waals surface area contributed by atoms with Crippen LogP contribution < -0.4 is 0 Å². The van der Waals surface area contributed by atoms with E-state index < -0.39 is 14.4 Å². The van der Waals surface area contributed by atoms with Gasteiger partial charge < -0.3 is 18.0 Å². The van der Waals surface area contributed by atoms with Gasteiger partial charge in [-0.25, -0.2) is 0 Å². The molecule has 0 amide bonds. The molecular formula is C22H30O5Si. The van der Waals surface area contributed by atoms with Gasteiger partial charge in [-0.15, -0.1) is 0 Å². The zero-order chi connectivity index (χ0) is 20.6. The van der Waals surface area contributed by atoms with Crippen LogP contribution in [0.5, 0.6) is 0 Å². The lowest BCUT2D eigenvalue weighted by molar-refractivity contribution is -0.0654. The zero-order valence-electron chi connectivity index (χ0n) is 17.3. The molecule has 0 heterocycles. The molecule has 0 fully saturated rings. The van der Waals surface area contributed by atoms with E-state index in [9.17, 15) is 4.79 Å². The molecule has 152 valence electrons. The Bertz CT molecular complexity index is 723. The highest BCUT2D eigenvalue weighted by atomic mass is 28.4. The van der Waals surface area contributed by atoms with Crippen molar-refractivity contribution in [3.05, 3.63) is 71.8 Å². The molecular weight excluding hydrogens is 372 g/mol. The van der Waals surface area contributed by atoms with Crippen molar-refractivity contribution in [1.29, 1.82) is 0 Å². The number of benzene rings is 2. The maximum atomic E-state index is 13.8. The summed E-state index contributed by atoms with van der Waals surface area (Å²) >= 11 is 0. The van der Waals surface area contributed by atoms with Crippen LogP contribution in [-0.4, -0.2) is 42.0 Å². The topological polar surface area (TPSA) is 54.0 Å². The third-order valence-electron chi connectivity index (χ3n) is 4.80. The lowest BCUT2D eigenvalue weighted by Crippen LogP contribution is -2.47. The van der Waals surface area contributed by atoms with Crippen LogP contribution in [0.4, 0.5) is 0 Å². The van der Waals surface area contributed by atoms with E-state index in [4.69, 9.17) is 18.0 Å². The summed E-state index contributed by atoms with van der Waals surface area (Å²) in [6.45, 7) is 3.87. The number of hydrogen-bond donors (Lipinski definition) is 0. The number of carbonyl (C=O) groups is 1. The first-order chi connectivity index (χ1) is 13.4. The van der Waals surface area contributed by atoms with Gasteiger partial charge in [0.25, 0.3) is 0 Å². The Labute approximate surface area is 169 Å². The van der Waals surface area contributed by atoms with E-state index in [0.29, 0.717) is 18.0 Å². The van der Waals surface area contributed by atoms with Gasteiger partial charge in [-0.3, -0.25) is 4.79 Å². The molecule has 2 aromatic carbocycles. The average molecular weight is 403 g/mol. The Hall–Kier alpha value is -1.83. The Balaban J connectivity index is 2.55. The summed E-state index contributed by atoms with van der Waals surface area (Å²) in [6, 6.07) is 19.3. The van der Waals surface area contributed by atoms with Crippen molar-refractivity contribution in [2.45, 2.75) is 38.0 Å². The second kappa shape index (κ2) is 10.1. The van der Waals surface area contributed by atoms with Crippen molar-refractivity contribution >= 4 is 14.6 Å². The second-order valence-corrected chi connectivity index (χ2v) is 9.94. The molecule has 0 spiro atoms. The third kappa shape index (κ3) is 4.95. The highest BCUT2D eigenvalue weighted by molar-refractivity contribution is 6.60. The monoisotopic (exact) mass is 402 g/mol. The second-order valence-electron chi connectivity index (χ2n) is 6.85. The van der Waals surface area contributed by atoms with Crippen LogP contribution in [0.3, 0.4) is 0 Å². The van der Waals surface area contributed by atoms with E-state index in [1.54, 1.807) is 21.3 Å². The SMILES string of the molecule is CO[Si](CCC(OC(C)C)(C(=O)c1ccccc1)c1ccccc1)(OC)OC. The predicted molar refractivity (Wildman–Crippen MR) is 111 cm³/mol. The molecule has 0 bridgehead atoms. The van der Waals surface area contributed by atoms with Crippen molar-refractivity contribution in [3.8, 4) is 0 Å². The van der Waals surface area contributed by atoms with Crippen molar-refractivity contribution in [2.24, 2.45) is 0 Å². The molecule has 0 aliphatic rings. The molecule has 1 unspecified atom stereocenters. The van der Waals surface area contributed by atoms with Gasteiger partial charge in [0.15, 0.2) is 11.4 Å². The fourth-order valence-electron chi connectivity index (χ4n) is 3.39. The Morgan fingerprint density at radius 3 is 1.86 bits per heavy atom. The van der Waals surface area contributed by atoms with Crippen molar-refractivity contribution in [3.63, 3.8) is 0 Å². The average Bonchev–Trinajstić information content (AvgIpc) is 2.74. The van der Waals surface area contributed by atoms with Gasteiger partial charge in [-0.1, -0.05) is 60.7 Å². The fraction of sp³-hybridized carbons (Fsp3) is 0.409. The maximum absolute atomic E-state index is 13.8. The molecule has 0 N–H and O–H groups in total.